The van der Waals surface area contributed by atoms with Crippen LogP contribution in [0.1, 0.15) is 13.8 Å². The molecule has 0 bridgehead atoms. The number of nitriles is 1. The number of benzene rings is 1. The van der Waals surface area contributed by atoms with Crippen LogP contribution >= 0.6 is 11.6 Å². The maximum atomic E-state index is 12.1. The SMILES string of the molecule is CCN(CC)CCN/C=C(/C#N)C(=O)Nc1ccc(N)c(Cl)c1. The van der Waals surface area contributed by atoms with Gasteiger partial charge >= 0.3 is 0 Å². The van der Waals surface area contributed by atoms with Gasteiger partial charge in [-0.3, -0.25) is 4.79 Å². The first-order valence-electron chi connectivity index (χ1n) is 7.44. The van der Waals surface area contributed by atoms with Crippen LogP contribution in [0.5, 0.6) is 0 Å². The number of rotatable bonds is 8. The number of anilines is 2. The average molecular weight is 336 g/mol. The lowest BCUT2D eigenvalue weighted by Gasteiger charge is -2.17. The van der Waals surface area contributed by atoms with Gasteiger partial charge < -0.3 is 21.3 Å². The van der Waals surface area contributed by atoms with E-state index in [0.29, 0.717) is 22.9 Å². The first-order chi connectivity index (χ1) is 11.0. The standard InChI is InChI=1S/C16H22ClN5O/c1-3-22(4-2)8-7-20-11-12(10-18)16(23)21-13-5-6-15(19)14(17)9-13/h5-6,9,11,20H,3-4,7-8,19H2,1-2H3,(H,21,23)/b12-11-. The number of nitrogens with zero attached hydrogens (tertiary/aromatic N) is 2. The molecule has 0 radical (unpaired) electrons. The van der Waals surface area contributed by atoms with Crippen molar-refractivity contribution < 1.29 is 4.79 Å². The van der Waals surface area contributed by atoms with E-state index in [1.807, 2.05) is 6.07 Å². The van der Waals surface area contributed by atoms with Gasteiger partial charge in [-0.05, 0) is 31.3 Å². The van der Waals surface area contributed by atoms with Crippen LogP contribution in [0, 0.1) is 11.3 Å². The number of hydrogen-bond donors (Lipinski definition) is 3. The number of hydrogen-bond acceptors (Lipinski definition) is 5. The van der Waals surface area contributed by atoms with Crippen molar-refractivity contribution in [2.45, 2.75) is 13.8 Å². The first-order valence-corrected chi connectivity index (χ1v) is 7.82. The second kappa shape index (κ2) is 9.72. The number of carbonyl (C=O) groups excluding carboxylic acids is 1. The molecule has 124 valence electrons. The van der Waals surface area contributed by atoms with Crippen LogP contribution in [-0.2, 0) is 4.79 Å². The molecule has 0 aliphatic heterocycles. The molecule has 6 nitrogen and oxygen atoms in total. The Labute approximate surface area is 141 Å². The molecular formula is C16H22ClN5O. The fourth-order valence-corrected chi connectivity index (χ4v) is 2.07. The van der Waals surface area contributed by atoms with E-state index in [2.05, 4.69) is 29.4 Å². The van der Waals surface area contributed by atoms with Crippen molar-refractivity contribution in [3.63, 3.8) is 0 Å². The summed E-state index contributed by atoms with van der Waals surface area (Å²) in [6, 6.07) is 6.64. The molecule has 0 saturated heterocycles. The number of halogens is 1. The van der Waals surface area contributed by atoms with Gasteiger partial charge in [-0.1, -0.05) is 25.4 Å². The van der Waals surface area contributed by atoms with Gasteiger partial charge in [-0.15, -0.1) is 0 Å². The van der Waals surface area contributed by atoms with Gasteiger partial charge in [0.2, 0.25) is 0 Å². The van der Waals surface area contributed by atoms with E-state index in [1.54, 1.807) is 12.1 Å². The molecule has 23 heavy (non-hydrogen) atoms. The molecule has 0 aliphatic rings. The Kier molecular flexibility index (Phi) is 7.95. The Balaban J connectivity index is 2.59. The molecule has 0 saturated carbocycles. The zero-order valence-corrected chi connectivity index (χ0v) is 14.2. The monoisotopic (exact) mass is 335 g/mol. The van der Waals surface area contributed by atoms with E-state index < -0.39 is 5.91 Å². The van der Waals surface area contributed by atoms with E-state index >= 15 is 0 Å². The van der Waals surface area contributed by atoms with Crippen LogP contribution in [-0.4, -0.2) is 37.0 Å². The minimum absolute atomic E-state index is 0.00232. The maximum Gasteiger partial charge on any atom is 0.267 e. The molecule has 0 unspecified atom stereocenters. The summed E-state index contributed by atoms with van der Waals surface area (Å²) in [5.41, 5.74) is 6.52. The number of nitrogens with one attached hydrogen (secondary N) is 2. The van der Waals surface area contributed by atoms with Gasteiger partial charge in [0.15, 0.2) is 0 Å². The summed E-state index contributed by atoms with van der Waals surface area (Å²) in [5.74, 6) is -0.497. The minimum Gasteiger partial charge on any atom is -0.398 e. The highest BCUT2D eigenvalue weighted by molar-refractivity contribution is 6.33. The number of likely N-dealkylation sites (N-methyl/N-ethyl adjacent to an activating group) is 1. The molecule has 0 fully saturated rings. The molecule has 0 spiro atoms. The number of carbonyl (C=O) groups is 1. The molecule has 0 aliphatic carbocycles. The van der Waals surface area contributed by atoms with Crippen LogP contribution < -0.4 is 16.4 Å². The lowest BCUT2D eigenvalue weighted by atomic mass is 10.2. The molecule has 1 aromatic carbocycles. The van der Waals surface area contributed by atoms with Crippen molar-refractivity contribution in [1.29, 1.82) is 5.26 Å². The Hall–Kier alpha value is -2.23. The summed E-state index contributed by atoms with van der Waals surface area (Å²) in [4.78, 5) is 14.3. The Morgan fingerprint density at radius 2 is 2.13 bits per heavy atom. The van der Waals surface area contributed by atoms with Gasteiger partial charge in [0.05, 0.1) is 10.7 Å². The number of amides is 1. The van der Waals surface area contributed by atoms with Gasteiger partial charge in [-0.25, -0.2) is 0 Å². The smallest absolute Gasteiger partial charge is 0.267 e. The van der Waals surface area contributed by atoms with Gasteiger partial charge in [0.25, 0.3) is 5.91 Å². The van der Waals surface area contributed by atoms with Crippen molar-refractivity contribution in [2.75, 3.05) is 37.2 Å². The fraction of sp³-hybridized carbons (Fsp3) is 0.375. The van der Waals surface area contributed by atoms with E-state index in [1.165, 1.54) is 12.3 Å². The van der Waals surface area contributed by atoms with Crippen LogP contribution in [0.15, 0.2) is 30.0 Å². The molecular weight excluding hydrogens is 314 g/mol. The Morgan fingerprint density at radius 1 is 1.43 bits per heavy atom. The van der Waals surface area contributed by atoms with E-state index in [-0.39, 0.29) is 5.57 Å². The summed E-state index contributed by atoms with van der Waals surface area (Å²) >= 11 is 5.90. The molecule has 1 amide bonds. The third kappa shape index (κ3) is 6.19. The molecule has 1 aromatic rings. The number of nitrogen functional groups attached to an aromatic ring is 1. The zero-order valence-electron chi connectivity index (χ0n) is 13.4. The maximum absolute atomic E-state index is 12.1. The second-order valence-electron chi connectivity index (χ2n) is 4.84. The van der Waals surface area contributed by atoms with Crippen molar-refractivity contribution in [3.8, 4) is 6.07 Å². The molecule has 0 aromatic heterocycles. The normalized spacial score (nSPS) is 11.2. The van der Waals surface area contributed by atoms with E-state index in [9.17, 15) is 4.79 Å². The van der Waals surface area contributed by atoms with Crippen molar-refractivity contribution in [2.24, 2.45) is 0 Å². The molecule has 1 rings (SSSR count). The predicted octanol–water partition coefficient (Wildman–Crippen LogP) is 2.20. The zero-order chi connectivity index (χ0) is 17.2. The van der Waals surface area contributed by atoms with Crippen molar-refractivity contribution in [3.05, 3.63) is 35.0 Å². The highest BCUT2D eigenvalue weighted by atomic mass is 35.5. The van der Waals surface area contributed by atoms with Crippen LogP contribution in [0.25, 0.3) is 0 Å². The summed E-state index contributed by atoms with van der Waals surface area (Å²) < 4.78 is 0. The molecule has 7 heteroatoms. The first kappa shape index (κ1) is 18.8. The fourth-order valence-electron chi connectivity index (χ4n) is 1.89. The quantitative estimate of drug-likeness (QED) is 0.293. The summed E-state index contributed by atoms with van der Waals surface area (Å²) in [6.45, 7) is 7.61. The second-order valence-corrected chi connectivity index (χ2v) is 5.25. The Morgan fingerprint density at radius 3 is 2.70 bits per heavy atom. The third-order valence-corrected chi connectivity index (χ3v) is 3.66. The van der Waals surface area contributed by atoms with Gasteiger partial charge in [0.1, 0.15) is 11.6 Å². The molecule has 0 atom stereocenters. The Bertz CT molecular complexity index is 605. The van der Waals surface area contributed by atoms with E-state index in [0.717, 1.165) is 19.6 Å². The highest BCUT2D eigenvalue weighted by Gasteiger charge is 2.10. The number of nitrogens with two attached hydrogens (primary N) is 1. The van der Waals surface area contributed by atoms with Crippen LogP contribution in [0.4, 0.5) is 11.4 Å². The topological polar surface area (TPSA) is 94.2 Å². The van der Waals surface area contributed by atoms with Gasteiger partial charge in [-0.2, -0.15) is 5.26 Å². The average Bonchev–Trinajstić information content (AvgIpc) is 2.54. The largest absolute Gasteiger partial charge is 0.398 e. The van der Waals surface area contributed by atoms with E-state index in [4.69, 9.17) is 22.6 Å². The molecule has 4 N–H and O–H groups in total. The lowest BCUT2D eigenvalue weighted by Crippen LogP contribution is -2.30. The third-order valence-electron chi connectivity index (χ3n) is 3.34. The predicted molar refractivity (Wildman–Crippen MR) is 94.0 cm³/mol. The van der Waals surface area contributed by atoms with Crippen LogP contribution in [0.2, 0.25) is 5.02 Å². The highest BCUT2D eigenvalue weighted by Crippen LogP contribution is 2.22. The molecule has 0 heterocycles. The summed E-state index contributed by atoms with van der Waals surface area (Å²) in [5, 5.41) is 15.1. The van der Waals surface area contributed by atoms with Crippen LogP contribution in [0.3, 0.4) is 0 Å². The van der Waals surface area contributed by atoms with Gasteiger partial charge in [0, 0.05) is 25.0 Å². The minimum atomic E-state index is -0.497. The lowest BCUT2D eigenvalue weighted by molar-refractivity contribution is -0.112. The van der Waals surface area contributed by atoms with Crippen molar-refractivity contribution in [1.82, 2.24) is 10.2 Å². The summed E-state index contributed by atoms with van der Waals surface area (Å²) in [7, 11) is 0. The van der Waals surface area contributed by atoms with Crippen molar-refractivity contribution >= 4 is 28.9 Å². The summed E-state index contributed by atoms with van der Waals surface area (Å²) in [6.07, 6.45) is 1.43.